The van der Waals surface area contributed by atoms with E-state index in [2.05, 4.69) is 62.5 Å². The summed E-state index contributed by atoms with van der Waals surface area (Å²) in [6, 6.07) is -0.728. The normalized spacial score (nSPS) is 13.2. The summed E-state index contributed by atoms with van der Waals surface area (Å²) in [5.74, 6) is -1.74. The molecule has 0 aromatic carbocycles. The summed E-state index contributed by atoms with van der Waals surface area (Å²) in [5, 5.41) is 11.7. The van der Waals surface area contributed by atoms with E-state index >= 15 is 0 Å². The van der Waals surface area contributed by atoms with Gasteiger partial charge in [0.15, 0.2) is 6.10 Å². The van der Waals surface area contributed by atoms with E-state index in [-0.39, 0.29) is 42.7 Å². The van der Waals surface area contributed by atoms with Crippen LogP contribution in [0.3, 0.4) is 0 Å². The van der Waals surface area contributed by atoms with Crippen LogP contribution >= 0.6 is 0 Å². The first-order chi connectivity index (χ1) is 31.1. The van der Waals surface area contributed by atoms with Crippen LogP contribution in [0.25, 0.3) is 0 Å². The van der Waals surface area contributed by atoms with Crippen molar-refractivity contribution in [1.29, 1.82) is 0 Å². The molecule has 0 aliphatic rings. The van der Waals surface area contributed by atoms with Crippen molar-refractivity contribution in [1.82, 2.24) is 0 Å². The number of ether oxygens (including phenoxy) is 3. The van der Waals surface area contributed by atoms with Crippen LogP contribution in [0.1, 0.15) is 239 Å². The quantitative estimate of drug-likeness (QED) is 0.0259. The van der Waals surface area contributed by atoms with E-state index in [0.717, 1.165) is 64.2 Å². The molecule has 0 fully saturated rings. The molecular formula is C56H101NO7. The molecule has 0 bridgehead atoms. The van der Waals surface area contributed by atoms with E-state index in [1.807, 2.05) is 0 Å². The van der Waals surface area contributed by atoms with Gasteiger partial charge < -0.3 is 28.6 Å². The first-order valence-electron chi connectivity index (χ1n) is 26.7. The molecule has 0 N–H and O–H groups in total. The van der Waals surface area contributed by atoms with Gasteiger partial charge in [-0.25, -0.2) is 0 Å². The number of aliphatic carboxylic acids is 1. The molecule has 2 unspecified atom stereocenters. The minimum atomic E-state index is -1.13. The number of hydrogen-bond acceptors (Lipinski definition) is 7. The highest BCUT2D eigenvalue weighted by atomic mass is 16.6. The molecule has 0 saturated carbocycles. The molecule has 0 aliphatic heterocycles. The summed E-state index contributed by atoms with van der Waals surface area (Å²) in [6.45, 7) is 4.57. The lowest BCUT2D eigenvalue weighted by atomic mass is 10.1. The SMILES string of the molecule is CC/C=C/C/C=C/C/C=C/CCCCCCCCCCCC(=O)OCC(COCCC(C(=O)[O-])[N+](C)(C)C)OC(=O)CCCCCCCCC/C=C/CCCCCCCCCCCC. The van der Waals surface area contributed by atoms with Gasteiger partial charge in [0.05, 0.1) is 40.3 Å². The zero-order valence-electron chi connectivity index (χ0n) is 42.4. The van der Waals surface area contributed by atoms with E-state index in [0.29, 0.717) is 12.8 Å². The third-order valence-electron chi connectivity index (χ3n) is 11.9. The third kappa shape index (κ3) is 44.5. The van der Waals surface area contributed by atoms with Crippen molar-refractivity contribution in [3.63, 3.8) is 0 Å². The Balaban J connectivity index is 4.22. The molecule has 2 atom stereocenters. The Bertz CT molecular complexity index is 1190. The second-order valence-electron chi connectivity index (χ2n) is 19.1. The Labute approximate surface area is 395 Å². The van der Waals surface area contributed by atoms with E-state index in [1.165, 1.54) is 141 Å². The predicted molar refractivity (Wildman–Crippen MR) is 268 cm³/mol. The Morgan fingerprint density at radius 3 is 1.31 bits per heavy atom. The van der Waals surface area contributed by atoms with Gasteiger partial charge in [-0.1, -0.05) is 197 Å². The Kier molecular flexibility index (Phi) is 44.8. The molecule has 64 heavy (non-hydrogen) atoms. The van der Waals surface area contributed by atoms with Crippen molar-refractivity contribution in [3.05, 3.63) is 48.6 Å². The summed E-state index contributed by atoms with van der Waals surface area (Å²) in [7, 11) is 5.42. The molecule has 8 heteroatoms. The fourth-order valence-corrected chi connectivity index (χ4v) is 7.85. The fourth-order valence-electron chi connectivity index (χ4n) is 7.85. The number of quaternary nitrogens is 1. The lowest BCUT2D eigenvalue weighted by Crippen LogP contribution is -2.55. The van der Waals surface area contributed by atoms with Crippen LogP contribution in [0.2, 0.25) is 0 Å². The number of carbonyl (C=O) groups excluding carboxylic acids is 3. The van der Waals surface area contributed by atoms with E-state index in [1.54, 1.807) is 21.1 Å². The number of hydrogen-bond donors (Lipinski definition) is 0. The molecule has 372 valence electrons. The Morgan fingerprint density at radius 1 is 0.484 bits per heavy atom. The third-order valence-corrected chi connectivity index (χ3v) is 11.9. The van der Waals surface area contributed by atoms with E-state index in [4.69, 9.17) is 14.2 Å². The number of esters is 2. The molecular weight excluding hydrogens is 799 g/mol. The molecule has 0 saturated heterocycles. The lowest BCUT2D eigenvalue weighted by Gasteiger charge is -2.34. The lowest BCUT2D eigenvalue weighted by molar-refractivity contribution is -0.889. The first-order valence-corrected chi connectivity index (χ1v) is 26.7. The van der Waals surface area contributed by atoms with Crippen molar-refractivity contribution >= 4 is 17.9 Å². The second kappa shape index (κ2) is 46.8. The van der Waals surface area contributed by atoms with Crippen LogP contribution in [0.4, 0.5) is 0 Å². The number of likely N-dealkylation sites (N-methyl/N-ethyl adjacent to an activating group) is 1. The van der Waals surface area contributed by atoms with Crippen LogP contribution < -0.4 is 5.11 Å². The fraction of sp³-hybridized carbons (Fsp3) is 0.804. The second-order valence-corrected chi connectivity index (χ2v) is 19.1. The molecule has 0 aromatic rings. The largest absolute Gasteiger partial charge is 0.544 e. The van der Waals surface area contributed by atoms with Crippen molar-refractivity contribution in [2.24, 2.45) is 0 Å². The number of carboxylic acids is 1. The van der Waals surface area contributed by atoms with Gasteiger partial charge in [0.1, 0.15) is 12.6 Å². The predicted octanol–water partition coefficient (Wildman–Crippen LogP) is 14.2. The molecule has 0 aliphatic carbocycles. The number of carboxylic acid groups (broad SMARTS) is 1. The van der Waals surface area contributed by atoms with Gasteiger partial charge >= 0.3 is 11.9 Å². The van der Waals surface area contributed by atoms with Crippen LogP contribution in [0.5, 0.6) is 0 Å². The van der Waals surface area contributed by atoms with Crippen molar-refractivity contribution < 1.29 is 38.2 Å². The minimum Gasteiger partial charge on any atom is -0.544 e. The summed E-state index contributed by atoms with van der Waals surface area (Å²) < 4.78 is 17.3. The maximum atomic E-state index is 12.8. The maximum absolute atomic E-state index is 12.8. The van der Waals surface area contributed by atoms with Gasteiger partial charge in [-0.2, -0.15) is 0 Å². The highest BCUT2D eigenvalue weighted by Gasteiger charge is 2.25. The molecule has 0 rings (SSSR count). The van der Waals surface area contributed by atoms with Gasteiger partial charge in [-0.15, -0.1) is 0 Å². The number of carbonyl (C=O) groups is 3. The monoisotopic (exact) mass is 900 g/mol. The van der Waals surface area contributed by atoms with E-state index < -0.39 is 18.1 Å². The van der Waals surface area contributed by atoms with Crippen LogP contribution in [-0.2, 0) is 28.6 Å². The first kappa shape index (κ1) is 61.3. The van der Waals surface area contributed by atoms with E-state index in [9.17, 15) is 19.5 Å². The smallest absolute Gasteiger partial charge is 0.306 e. The number of allylic oxidation sites excluding steroid dienone is 8. The highest BCUT2D eigenvalue weighted by molar-refractivity contribution is 5.70. The number of rotatable bonds is 48. The van der Waals surface area contributed by atoms with Crippen molar-refractivity contribution in [2.75, 3.05) is 41.0 Å². The zero-order valence-corrected chi connectivity index (χ0v) is 42.4. The number of unbranched alkanes of at least 4 members (excludes halogenated alkanes) is 26. The Hall–Kier alpha value is -2.71. The molecule has 8 nitrogen and oxygen atoms in total. The van der Waals surface area contributed by atoms with Crippen molar-refractivity contribution in [3.8, 4) is 0 Å². The molecule has 0 spiro atoms. The topological polar surface area (TPSA) is 102 Å². The van der Waals surface area contributed by atoms with Crippen molar-refractivity contribution in [2.45, 2.75) is 251 Å². The van der Waals surface area contributed by atoms with Gasteiger partial charge in [0.2, 0.25) is 0 Å². The van der Waals surface area contributed by atoms with Gasteiger partial charge in [0, 0.05) is 19.3 Å². The van der Waals surface area contributed by atoms with Gasteiger partial charge in [-0.3, -0.25) is 9.59 Å². The average molecular weight is 900 g/mol. The van der Waals surface area contributed by atoms with Crippen LogP contribution in [0.15, 0.2) is 48.6 Å². The Morgan fingerprint density at radius 2 is 0.875 bits per heavy atom. The zero-order chi connectivity index (χ0) is 47.0. The maximum Gasteiger partial charge on any atom is 0.306 e. The molecule has 0 amide bonds. The minimum absolute atomic E-state index is 0.0378. The van der Waals surface area contributed by atoms with Gasteiger partial charge in [-0.05, 0) is 70.6 Å². The van der Waals surface area contributed by atoms with Gasteiger partial charge in [0.25, 0.3) is 0 Å². The average Bonchev–Trinajstić information content (AvgIpc) is 3.26. The summed E-state index contributed by atoms with van der Waals surface area (Å²) in [6.07, 6.45) is 57.1. The standard InChI is InChI=1S/C56H101NO7/c1-6-8-10-12-14-16-18-20-22-24-26-27-29-31-33-35-37-39-41-43-45-47-55(59)64-52(50-62-49-48-53(56(60)61)57(3,4)5)51-63-54(58)46-44-42-40-38-36-34-32-30-28-25-23-21-19-17-15-13-11-9-7-2/h9,11,15,17,21,23,27,29,52-53H,6-8,10,12-14,16,18-20,22,24-26,28,30-51H2,1-5H3/b11-9+,17-15+,23-21+,29-27+. The highest BCUT2D eigenvalue weighted by Crippen LogP contribution is 2.15. The number of nitrogens with zero attached hydrogens (tertiary/aromatic N) is 1. The molecule has 0 radical (unpaired) electrons. The van der Waals surface area contributed by atoms with Crippen LogP contribution in [-0.4, -0.2) is 75.5 Å². The molecule has 0 aromatic heterocycles. The summed E-state index contributed by atoms with van der Waals surface area (Å²) in [4.78, 5) is 37.1. The molecule has 0 heterocycles. The summed E-state index contributed by atoms with van der Waals surface area (Å²) >= 11 is 0. The summed E-state index contributed by atoms with van der Waals surface area (Å²) in [5.41, 5.74) is 0. The van der Waals surface area contributed by atoms with Crippen LogP contribution in [0, 0.1) is 0 Å².